The second-order valence-corrected chi connectivity index (χ2v) is 5.46. The van der Waals surface area contributed by atoms with Crippen LogP contribution in [0, 0.1) is 0 Å². The van der Waals surface area contributed by atoms with Gasteiger partial charge in [0.25, 0.3) is 0 Å². The van der Waals surface area contributed by atoms with Gasteiger partial charge in [-0.1, -0.05) is 19.8 Å². The fraction of sp³-hybridized carbons (Fsp3) is 0.643. The summed E-state index contributed by atoms with van der Waals surface area (Å²) >= 11 is 1.53. The summed E-state index contributed by atoms with van der Waals surface area (Å²) in [6.07, 6.45) is 5.82. The summed E-state index contributed by atoms with van der Waals surface area (Å²) in [5, 5.41) is 8.62. The van der Waals surface area contributed by atoms with Crippen molar-refractivity contribution >= 4 is 17.3 Å². The molecule has 1 N–H and O–H groups in total. The van der Waals surface area contributed by atoms with Crippen molar-refractivity contribution in [3.63, 3.8) is 0 Å². The third-order valence-corrected chi connectivity index (χ3v) is 3.77. The first kappa shape index (κ1) is 15.2. The molecular weight excluding hydrogens is 248 g/mol. The lowest BCUT2D eigenvalue weighted by Gasteiger charge is -2.02. The third-order valence-electron chi connectivity index (χ3n) is 2.64. The molecule has 4 heteroatoms. The van der Waals surface area contributed by atoms with Gasteiger partial charge in [0.1, 0.15) is 4.88 Å². The molecule has 0 aliphatic heterocycles. The molecule has 0 aromatic carbocycles. The number of unbranched alkanes of at least 4 members (excludes halogenated alkanes) is 3. The highest BCUT2D eigenvalue weighted by Crippen LogP contribution is 2.19. The second-order valence-electron chi connectivity index (χ2n) is 4.29. The van der Waals surface area contributed by atoms with Crippen molar-refractivity contribution in [2.24, 2.45) is 0 Å². The van der Waals surface area contributed by atoms with Gasteiger partial charge in [-0.05, 0) is 37.8 Å². The number of esters is 1. The zero-order chi connectivity index (χ0) is 13.2. The first-order valence-corrected chi connectivity index (χ1v) is 7.46. The van der Waals surface area contributed by atoms with Gasteiger partial charge in [0.05, 0.1) is 6.61 Å². The van der Waals surface area contributed by atoms with Crippen molar-refractivity contribution in [2.45, 2.75) is 45.4 Å². The highest BCUT2D eigenvalue weighted by molar-refractivity contribution is 7.13. The second kappa shape index (κ2) is 9.11. The predicted molar refractivity (Wildman–Crippen MR) is 74.2 cm³/mol. The summed E-state index contributed by atoms with van der Waals surface area (Å²) < 4.78 is 5.21. The normalized spacial score (nSPS) is 10.6. The van der Waals surface area contributed by atoms with Gasteiger partial charge in [-0.25, -0.2) is 4.79 Å². The van der Waals surface area contributed by atoms with E-state index in [-0.39, 0.29) is 12.6 Å². The topological polar surface area (TPSA) is 46.5 Å². The lowest BCUT2D eigenvalue weighted by Crippen LogP contribution is -2.04. The first-order chi connectivity index (χ1) is 8.77. The Morgan fingerprint density at radius 2 is 2.06 bits per heavy atom. The van der Waals surface area contributed by atoms with Crippen molar-refractivity contribution in [1.29, 1.82) is 0 Å². The Morgan fingerprint density at radius 3 is 2.78 bits per heavy atom. The predicted octanol–water partition coefficient (Wildman–Crippen LogP) is 3.41. The van der Waals surface area contributed by atoms with Crippen LogP contribution < -0.4 is 0 Å². The molecule has 0 aliphatic rings. The molecule has 0 radical (unpaired) electrons. The maximum Gasteiger partial charge on any atom is 0.348 e. The van der Waals surface area contributed by atoms with Gasteiger partial charge in [-0.2, -0.15) is 0 Å². The fourth-order valence-corrected chi connectivity index (χ4v) is 2.67. The molecule has 0 aliphatic carbocycles. The molecule has 0 atom stereocenters. The van der Waals surface area contributed by atoms with E-state index in [9.17, 15) is 4.79 Å². The van der Waals surface area contributed by atoms with Crippen LogP contribution in [0.4, 0.5) is 0 Å². The standard InChI is InChI=1S/C14H22O3S/c1-2-7-12-8-9-13(18-12)14(16)17-11-6-4-3-5-10-15/h8-9,15H,2-7,10-11H2,1H3. The number of aliphatic hydroxyl groups excluding tert-OH is 1. The van der Waals surface area contributed by atoms with E-state index >= 15 is 0 Å². The maximum atomic E-state index is 11.7. The summed E-state index contributed by atoms with van der Waals surface area (Å²) in [4.78, 5) is 13.6. The molecule has 0 spiro atoms. The van der Waals surface area contributed by atoms with Crippen LogP contribution in [0.1, 0.15) is 53.6 Å². The van der Waals surface area contributed by atoms with E-state index in [1.54, 1.807) is 0 Å². The molecule has 0 unspecified atom stereocenters. The van der Waals surface area contributed by atoms with E-state index in [4.69, 9.17) is 9.84 Å². The van der Waals surface area contributed by atoms with Crippen molar-refractivity contribution in [3.05, 3.63) is 21.9 Å². The van der Waals surface area contributed by atoms with Crippen LogP contribution in [-0.2, 0) is 11.2 Å². The average molecular weight is 270 g/mol. The Bertz CT molecular complexity index is 347. The molecule has 102 valence electrons. The van der Waals surface area contributed by atoms with Crippen LogP contribution in [0.25, 0.3) is 0 Å². The lowest BCUT2D eigenvalue weighted by atomic mass is 10.2. The number of carbonyl (C=O) groups is 1. The molecule has 0 bridgehead atoms. The Labute approximate surface area is 113 Å². The van der Waals surface area contributed by atoms with Gasteiger partial charge >= 0.3 is 5.97 Å². The Balaban J connectivity index is 2.19. The molecule has 0 amide bonds. The molecular formula is C14H22O3S. The van der Waals surface area contributed by atoms with Crippen LogP contribution in [-0.4, -0.2) is 24.3 Å². The zero-order valence-electron chi connectivity index (χ0n) is 11.0. The van der Waals surface area contributed by atoms with Crippen LogP contribution >= 0.6 is 11.3 Å². The zero-order valence-corrected chi connectivity index (χ0v) is 11.8. The Kier molecular flexibility index (Phi) is 7.69. The molecule has 1 rings (SSSR count). The van der Waals surface area contributed by atoms with Crippen molar-refractivity contribution in [3.8, 4) is 0 Å². The molecule has 3 nitrogen and oxygen atoms in total. The molecule has 1 heterocycles. The monoisotopic (exact) mass is 270 g/mol. The van der Waals surface area contributed by atoms with Crippen molar-refractivity contribution < 1.29 is 14.6 Å². The van der Waals surface area contributed by atoms with Crippen LogP contribution in [0.15, 0.2) is 12.1 Å². The number of carbonyl (C=O) groups excluding carboxylic acids is 1. The molecule has 1 aromatic rings. The van der Waals surface area contributed by atoms with Crippen LogP contribution in [0.5, 0.6) is 0 Å². The highest BCUT2D eigenvalue weighted by Gasteiger charge is 2.09. The summed E-state index contributed by atoms with van der Waals surface area (Å²) in [5.41, 5.74) is 0. The minimum atomic E-state index is -0.204. The van der Waals surface area contributed by atoms with E-state index in [2.05, 4.69) is 6.92 Å². The lowest BCUT2D eigenvalue weighted by molar-refractivity contribution is 0.0503. The van der Waals surface area contributed by atoms with E-state index in [1.807, 2.05) is 12.1 Å². The number of thiophene rings is 1. The number of hydrogen-bond acceptors (Lipinski definition) is 4. The van der Waals surface area contributed by atoms with Gasteiger partial charge in [0.2, 0.25) is 0 Å². The Hall–Kier alpha value is -0.870. The third kappa shape index (κ3) is 5.65. The first-order valence-electron chi connectivity index (χ1n) is 6.64. The van der Waals surface area contributed by atoms with Gasteiger partial charge in [-0.3, -0.25) is 0 Å². The molecule has 0 fully saturated rings. The van der Waals surface area contributed by atoms with E-state index in [1.165, 1.54) is 16.2 Å². The Morgan fingerprint density at radius 1 is 1.28 bits per heavy atom. The van der Waals surface area contributed by atoms with Crippen LogP contribution in [0.2, 0.25) is 0 Å². The number of rotatable bonds is 9. The molecule has 1 aromatic heterocycles. The minimum Gasteiger partial charge on any atom is -0.462 e. The molecule has 18 heavy (non-hydrogen) atoms. The molecule has 0 saturated heterocycles. The summed E-state index contributed by atoms with van der Waals surface area (Å²) in [6, 6.07) is 3.86. The van der Waals surface area contributed by atoms with Gasteiger partial charge < -0.3 is 9.84 Å². The largest absolute Gasteiger partial charge is 0.462 e. The van der Waals surface area contributed by atoms with Crippen molar-refractivity contribution in [1.82, 2.24) is 0 Å². The fourth-order valence-electron chi connectivity index (χ4n) is 1.67. The highest BCUT2D eigenvalue weighted by atomic mass is 32.1. The van der Waals surface area contributed by atoms with Gasteiger partial charge in [0.15, 0.2) is 0 Å². The summed E-state index contributed by atoms with van der Waals surface area (Å²) in [5.74, 6) is -0.204. The number of ether oxygens (including phenoxy) is 1. The van der Waals surface area contributed by atoms with Crippen molar-refractivity contribution in [2.75, 3.05) is 13.2 Å². The average Bonchev–Trinajstić information content (AvgIpc) is 2.82. The van der Waals surface area contributed by atoms with Gasteiger partial charge in [0, 0.05) is 11.5 Å². The van der Waals surface area contributed by atoms with Gasteiger partial charge in [-0.15, -0.1) is 11.3 Å². The van der Waals surface area contributed by atoms with Crippen LogP contribution in [0.3, 0.4) is 0 Å². The van der Waals surface area contributed by atoms with E-state index < -0.39 is 0 Å². The SMILES string of the molecule is CCCc1ccc(C(=O)OCCCCCCO)s1. The smallest absolute Gasteiger partial charge is 0.348 e. The maximum absolute atomic E-state index is 11.7. The number of aliphatic hydroxyl groups is 1. The summed E-state index contributed by atoms with van der Waals surface area (Å²) in [6.45, 7) is 2.85. The minimum absolute atomic E-state index is 0.204. The summed E-state index contributed by atoms with van der Waals surface area (Å²) in [7, 11) is 0. The number of hydrogen-bond donors (Lipinski definition) is 1. The van der Waals surface area contributed by atoms with E-state index in [0.29, 0.717) is 11.5 Å². The van der Waals surface area contributed by atoms with E-state index in [0.717, 1.165) is 38.5 Å². The number of aryl methyl sites for hydroxylation is 1. The quantitative estimate of drug-likeness (QED) is 0.552. The molecule has 0 saturated carbocycles.